The number of carbonyl (C=O) groups excluding carboxylic acids is 2. The molecule has 0 saturated carbocycles. The number of anilines is 1. The molecule has 1 saturated heterocycles. The molecule has 1 aliphatic rings. The van der Waals surface area contributed by atoms with Crippen LogP contribution >= 0.6 is 12.4 Å². The lowest BCUT2D eigenvalue weighted by atomic mass is 10.0. The number of rotatable bonds is 3. The molecule has 2 N–H and O–H groups in total. The van der Waals surface area contributed by atoms with Crippen molar-refractivity contribution in [3.63, 3.8) is 0 Å². The topological polar surface area (TPSA) is 66.6 Å². The number of nitrogens with two attached hydrogens (primary N) is 1. The van der Waals surface area contributed by atoms with Gasteiger partial charge < -0.3 is 15.5 Å². The van der Waals surface area contributed by atoms with E-state index in [9.17, 15) is 9.59 Å². The van der Waals surface area contributed by atoms with Gasteiger partial charge in [0.25, 0.3) is 0 Å². The normalized spacial score (nSPS) is 19.7. The summed E-state index contributed by atoms with van der Waals surface area (Å²) < 4.78 is 0. The van der Waals surface area contributed by atoms with Gasteiger partial charge in [-0.25, -0.2) is 0 Å². The van der Waals surface area contributed by atoms with Crippen LogP contribution in [0.2, 0.25) is 0 Å². The highest BCUT2D eigenvalue weighted by atomic mass is 35.5. The molecule has 0 radical (unpaired) electrons. The maximum atomic E-state index is 12.6. The van der Waals surface area contributed by atoms with E-state index in [-0.39, 0.29) is 24.2 Å². The zero-order chi connectivity index (χ0) is 14.7. The second kappa shape index (κ2) is 7.43. The van der Waals surface area contributed by atoms with Crippen LogP contribution in [0.1, 0.15) is 19.8 Å². The molecular weight excluding hydrogens is 290 g/mol. The highest BCUT2D eigenvalue weighted by Gasteiger charge is 2.35. The van der Waals surface area contributed by atoms with E-state index >= 15 is 0 Å². The van der Waals surface area contributed by atoms with Gasteiger partial charge in [-0.2, -0.15) is 0 Å². The Morgan fingerprint density at radius 2 is 2.00 bits per heavy atom. The van der Waals surface area contributed by atoms with Crippen molar-refractivity contribution in [2.45, 2.75) is 31.8 Å². The lowest BCUT2D eigenvalue weighted by Gasteiger charge is -2.37. The molecule has 1 aromatic rings. The first-order chi connectivity index (χ1) is 9.52. The van der Waals surface area contributed by atoms with E-state index in [0.717, 1.165) is 12.1 Å². The van der Waals surface area contributed by atoms with Crippen molar-refractivity contribution in [3.05, 3.63) is 30.3 Å². The van der Waals surface area contributed by atoms with E-state index in [4.69, 9.17) is 5.73 Å². The summed E-state index contributed by atoms with van der Waals surface area (Å²) in [6.45, 7) is 2.33. The van der Waals surface area contributed by atoms with E-state index in [1.54, 1.807) is 18.9 Å². The minimum atomic E-state index is -0.583. The average molecular weight is 312 g/mol. The van der Waals surface area contributed by atoms with Gasteiger partial charge in [0.1, 0.15) is 6.04 Å². The third kappa shape index (κ3) is 3.74. The van der Waals surface area contributed by atoms with Crippen molar-refractivity contribution in [2.24, 2.45) is 5.73 Å². The number of carbonyl (C=O) groups is 2. The van der Waals surface area contributed by atoms with Crippen LogP contribution in [0.3, 0.4) is 0 Å². The first kappa shape index (κ1) is 17.5. The Labute approximate surface area is 131 Å². The monoisotopic (exact) mass is 311 g/mol. The van der Waals surface area contributed by atoms with Crippen molar-refractivity contribution in [1.82, 2.24) is 4.90 Å². The number of hydrogen-bond acceptors (Lipinski definition) is 3. The summed E-state index contributed by atoms with van der Waals surface area (Å²) in [4.78, 5) is 27.8. The summed E-state index contributed by atoms with van der Waals surface area (Å²) in [6.07, 6.45) is 1.57. The molecule has 21 heavy (non-hydrogen) atoms. The molecule has 1 aliphatic heterocycles. The molecule has 0 spiro atoms. The minimum Gasteiger partial charge on any atom is -0.332 e. The lowest BCUT2D eigenvalue weighted by molar-refractivity contribution is -0.139. The number of hydrogen-bond donors (Lipinski definition) is 1. The Morgan fingerprint density at radius 3 is 2.57 bits per heavy atom. The van der Waals surface area contributed by atoms with Crippen LogP contribution in [0.15, 0.2) is 30.3 Å². The fourth-order valence-electron chi connectivity index (χ4n) is 2.55. The van der Waals surface area contributed by atoms with E-state index in [2.05, 4.69) is 0 Å². The fraction of sp³-hybridized carbons (Fsp3) is 0.467. The van der Waals surface area contributed by atoms with Crippen molar-refractivity contribution in [3.8, 4) is 0 Å². The average Bonchev–Trinajstić information content (AvgIpc) is 2.47. The van der Waals surface area contributed by atoms with Crippen LogP contribution in [-0.4, -0.2) is 42.4 Å². The zero-order valence-corrected chi connectivity index (χ0v) is 13.2. The summed E-state index contributed by atoms with van der Waals surface area (Å²) in [7, 11) is 1.66. The molecule has 5 nitrogen and oxygen atoms in total. The van der Waals surface area contributed by atoms with Crippen LogP contribution in [0.5, 0.6) is 0 Å². The quantitative estimate of drug-likeness (QED) is 0.918. The molecule has 0 aromatic heterocycles. The maximum absolute atomic E-state index is 12.6. The molecule has 2 amide bonds. The minimum absolute atomic E-state index is 0. The van der Waals surface area contributed by atoms with E-state index in [1.807, 2.05) is 30.3 Å². The molecule has 1 heterocycles. The van der Waals surface area contributed by atoms with Gasteiger partial charge in [0.2, 0.25) is 11.8 Å². The van der Waals surface area contributed by atoms with Gasteiger partial charge in [0, 0.05) is 19.3 Å². The van der Waals surface area contributed by atoms with Crippen molar-refractivity contribution in [2.75, 3.05) is 18.5 Å². The van der Waals surface area contributed by atoms with Gasteiger partial charge in [-0.15, -0.1) is 12.4 Å². The maximum Gasteiger partial charge on any atom is 0.249 e. The van der Waals surface area contributed by atoms with Gasteiger partial charge in [-0.05, 0) is 31.9 Å². The van der Waals surface area contributed by atoms with Gasteiger partial charge >= 0.3 is 0 Å². The molecule has 6 heteroatoms. The third-order valence-corrected chi connectivity index (χ3v) is 3.68. The highest BCUT2D eigenvalue weighted by molar-refractivity contribution is 6.00. The van der Waals surface area contributed by atoms with Crippen molar-refractivity contribution >= 4 is 29.9 Å². The first-order valence-corrected chi connectivity index (χ1v) is 6.91. The van der Waals surface area contributed by atoms with Gasteiger partial charge in [0.15, 0.2) is 0 Å². The van der Waals surface area contributed by atoms with Crippen molar-refractivity contribution in [1.29, 1.82) is 0 Å². The number of amides is 2. The Balaban J connectivity index is 0.00000220. The highest BCUT2D eigenvalue weighted by Crippen LogP contribution is 2.23. The zero-order valence-electron chi connectivity index (χ0n) is 12.4. The molecule has 116 valence electrons. The Hall–Kier alpha value is -1.59. The van der Waals surface area contributed by atoms with Crippen LogP contribution < -0.4 is 10.6 Å². The Morgan fingerprint density at radius 1 is 1.38 bits per heavy atom. The number of likely N-dealkylation sites (N-methyl/N-ethyl adjacent to an activating group) is 1. The number of nitrogens with zero attached hydrogens (tertiary/aromatic N) is 2. The fourth-order valence-corrected chi connectivity index (χ4v) is 2.55. The van der Waals surface area contributed by atoms with E-state index in [1.165, 1.54) is 4.90 Å². The number of halogens is 1. The van der Waals surface area contributed by atoms with Crippen molar-refractivity contribution < 1.29 is 9.59 Å². The summed E-state index contributed by atoms with van der Waals surface area (Å²) in [6, 6.07) is 8.55. The van der Waals surface area contributed by atoms with E-state index < -0.39 is 12.1 Å². The van der Waals surface area contributed by atoms with Crippen LogP contribution in [-0.2, 0) is 9.59 Å². The predicted molar refractivity (Wildman–Crippen MR) is 85.5 cm³/mol. The molecule has 1 unspecified atom stereocenters. The second-order valence-electron chi connectivity index (χ2n) is 5.22. The number of piperidine rings is 1. The summed E-state index contributed by atoms with van der Waals surface area (Å²) in [5.74, 6) is -0.225. The summed E-state index contributed by atoms with van der Waals surface area (Å²) >= 11 is 0. The molecule has 2 rings (SSSR count). The summed E-state index contributed by atoms with van der Waals surface area (Å²) in [5.41, 5.74) is 6.50. The Kier molecular flexibility index (Phi) is 6.18. The predicted octanol–water partition coefficient (Wildman–Crippen LogP) is 1.41. The van der Waals surface area contributed by atoms with Gasteiger partial charge in [-0.1, -0.05) is 18.2 Å². The molecule has 0 bridgehead atoms. The first-order valence-electron chi connectivity index (χ1n) is 6.91. The SMILES string of the molecule is C[C@H](N)C(=O)N(C)C1CCCN(c2ccccc2)C1=O.Cl. The third-order valence-electron chi connectivity index (χ3n) is 3.68. The lowest BCUT2D eigenvalue weighted by Crippen LogP contribution is -2.55. The molecular formula is C15H22ClN3O2. The standard InChI is InChI=1S/C15H21N3O2.ClH/c1-11(16)14(19)17(2)13-9-6-10-18(15(13)20)12-7-4-3-5-8-12;/h3-5,7-8,11,13H,6,9-10,16H2,1-2H3;1H/t11-,13?;/m0./s1. The number of para-hydroxylation sites is 1. The molecule has 2 atom stereocenters. The second-order valence-corrected chi connectivity index (χ2v) is 5.22. The molecule has 0 aliphatic carbocycles. The van der Waals surface area contributed by atoms with Crippen LogP contribution in [0, 0.1) is 0 Å². The summed E-state index contributed by atoms with van der Waals surface area (Å²) in [5, 5.41) is 0. The van der Waals surface area contributed by atoms with Crippen LogP contribution in [0.4, 0.5) is 5.69 Å². The molecule has 1 aromatic carbocycles. The largest absolute Gasteiger partial charge is 0.332 e. The van der Waals surface area contributed by atoms with E-state index in [0.29, 0.717) is 13.0 Å². The Bertz CT molecular complexity index is 493. The van der Waals surface area contributed by atoms with Gasteiger partial charge in [-0.3, -0.25) is 9.59 Å². The van der Waals surface area contributed by atoms with Gasteiger partial charge in [0.05, 0.1) is 6.04 Å². The smallest absolute Gasteiger partial charge is 0.249 e. The number of benzene rings is 1. The molecule has 1 fully saturated rings. The van der Waals surface area contributed by atoms with Crippen LogP contribution in [0.25, 0.3) is 0 Å².